The van der Waals surface area contributed by atoms with Gasteiger partial charge in [-0.2, -0.15) is 10.2 Å². The molecule has 0 radical (unpaired) electrons. The van der Waals surface area contributed by atoms with Crippen LogP contribution in [0.3, 0.4) is 0 Å². The smallest absolute Gasteiger partial charge is 0.413 e. The van der Waals surface area contributed by atoms with Crippen molar-refractivity contribution in [3.05, 3.63) is 34.5 Å². The first-order valence-electron chi connectivity index (χ1n) is 14.2. The standard InChI is InChI=1S/C29H43BClN5O3Si/c1-19-13-22(34-27-33-16-23(31)26(36-27)35-24-12-10-9-11-20(24)15-32)14-21(17-38-40(7,8)28(2,3)4)25(19)30-37-18-29(5,6)39-30/h13-14,16,20,24H,9-12,17-18H2,1-8H3,(H2,33,34,35,36)/t20-,24+/m0/s1. The number of benzene rings is 1. The van der Waals surface area contributed by atoms with Crippen molar-refractivity contribution in [3.8, 4) is 6.07 Å². The molecule has 1 saturated carbocycles. The molecule has 11 heteroatoms. The minimum absolute atomic E-state index is 0.0234. The zero-order valence-corrected chi connectivity index (χ0v) is 26.9. The molecule has 2 aliphatic rings. The molecule has 1 aromatic carbocycles. The fourth-order valence-electron chi connectivity index (χ4n) is 4.94. The van der Waals surface area contributed by atoms with Crippen LogP contribution in [-0.2, 0) is 20.3 Å². The quantitative estimate of drug-likeness (QED) is 0.330. The SMILES string of the molecule is Cc1cc(Nc2ncc(Cl)c(N[C@@H]3CCCC[C@H]3C#N)n2)cc(CO[Si](C)(C)C(C)(C)C)c1B1OCC(C)(C)O1. The van der Waals surface area contributed by atoms with E-state index in [1.54, 1.807) is 6.20 Å². The van der Waals surface area contributed by atoms with Gasteiger partial charge in [0, 0.05) is 11.7 Å². The van der Waals surface area contributed by atoms with Crippen LogP contribution >= 0.6 is 11.6 Å². The van der Waals surface area contributed by atoms with Crippen LogP contribution in [0.5, 0.6) is 0 Å². The van der Waals surface area contributed by atoms with Gasteiger partial charge in [0.1, 0.15) is 5.02 Å². The van der Waals surface area contributed by atoms with E-state index in [1.807, 2.05) is 13.8 Å². The molecule has 216 valence electrons. The number of rotatable bonds is 8. The maximum Gasteiger partial charge on any atom is 0.495 e. The van der Waals surface area contributed by atoms with Gasteiger partial charge in [-0.05, 0) is 80.5 Å². The third kappa shape index (κ3) is 7.18. The van der Waals surface area contributed by atoms with Gasteiger partial charge in [-0.3, -0.25) is 0 Å². The minimum Gasteiger partial charge on any atom is -0.413 e. The molecule has 1 aromatic heterocycles. The van der Waals surface area contributed by atoms with Crippen LogP contribution in [0.4, 0.5) is 17.5 Å². The first-order chi connectivity index (χ1) is 18.7. The van der Waals surface area contributed by atoms with Crippen LogP contribution in [-0.4, -0.2) is 43.7 Å². The van der Waals surface area contributed by atoms with Crippen LogP contribution in [0.25, 0.3) is 0 Å². The number of anilines is 3. The Bertz CT molecular complexity index is 1260. The molecule has 2 fully saturated rings. The number of nitriles is 1. The normalized spacial score (nSPS) is 21.2. The van der Waals surface area contributed by atoms with Crippen molar-refractivity contribution < 1.29 is 13.7 Å². The Morgan fingerprint density at radius 1 is 1.25 bits per heavy atom. The van der Waals surface area contributed by atoms with Crippen LogP contribution in [0.2, 0.25) is 23.2 Å². The predicted octanol–water partition coefficient (Wildman–Crippen LogP) is 6.72. The molecule has 8 nitrogen and oxygen atoms in total. The fraction of sp³-hybridized carbons (Fsp3) is 0.621. The Hall–Kier alpha value is -2.16. The lowest BCUT2D eigenvalue weighted by molar-refractivity contribution is 0.137. The summed E-state index contributed by atoms with van der Waals surface area (Å²) in [5.74, 6) is 0.908. The second-order valence-corrected chi connectivity index (χ2v) is 18.4. The largest absolute Gasteiger partial charge is 0.495 e. The van der Waals surface area contributed by atoms with E-state index in [2.05, 4.69) is 79.6 Å². The molecule has 1 aliphatic carbocycles. The number of hydrogen-bond acceptors (Lipinski definition) is 8. The lowest BCUT2D eigenvalue weighted by Crippen LogP contribution is -2.43. The summed E-state index contributed by atoms with van der Waals surface area (Å²) in [5.41, 5.74) is 3.55. The molecule has 0 unspecified atom stereocenters. The van der Waals surface area contributed by atoms with Gasteiger partial charge in [0.2, 0.25) is 5.95 Å². The number of halogens is 1. The van der Waals surface area contributed by atoms with Crippen molar-refractivity contribution in [2.24, 2.45) is 5.92 Å². The topological polar surface area (TPSA) is 101 Å². The summed E-state index contributed by atoms with van der Waals surface area (Å²) in [6.45, 7) is 18.4. The maximum atomic E-state index is 9.58. The third-order valence-electron chi connectivity index (χ3n) is 8.37. The highest BCUT2D eigenvalue weighted by Crippen LogP contribution is 2.37. The first kappa shape index (κ1) is 30.8. The van der Waals surface area contributed by atoms with Crippen molar-refractivity contribution in [1.82, 2.24) is 9.97 Å². The second kappa shape index (κ2) is 12.0. The molecule has 4 rings (SSSR count). The summed E-state index contributed by atoms with van der Waals surface area (Å²) in [5, 5.41) is 16.9. The summed E-state index contributed by atoms with van der Waals surface area (Å²) in [6, 6.07) is 6.59. The van der Waals surface area contributed by atoms with Crippen molar-refractivity contribution in [2.75, 3.05) is 17.2 Å². The lowest BCUT2D eigenvalue weighted by Gasteiger charge is -2.36. The third-order valence-corrected chi connectivity index (χ3v) is 13.1. The number of hydrogen-bond donors (Lipinski definition) is 2. The molecule has 2 atom stereocenters. The average molecular weight is 584 g/mol. The molecule has 40 heavy (non-hydrogen) atoms. The summed E-state index contributed by atoms with van der Waals surface area (Å²) in [4.78, 5) is 9.11. The summed E-state index contributed by atoms with van der Waals surface area (Å²) in [7, 11) is -2.45. The predicted molar refractivity (Wildman–Crippen MR) is 165 cm³/mol. The average Bonchev–Trinajstić information content (AvgIpc) is 3.23. The number of aromatic nitrogens is 2. The van der Waals surface area contributed by atoms with Gasteiger partial charge in [-0.25, -0.2) is 4.98 Å². The van der Waals surface area contributed by atoms with Gasteiger partial charge in [0.25, 0.3) is 0 Å². The van der Waals surface area contributed by atoms with Gasteiger partial charge in [-0.15, -0.1) is 0 Å². The fourth-order valence-corrected chi connectivity index (χ4v) is 6.04. The van der Waals surface area contributed by atoms with E-state index in [4.69, 9.17) is 25.3 Å². The van der Waals surface area contributed by atoms with Gasteiger partial charge in [0.05, 0.1) is 37.0 Å². The van der Waals surface area contributed by atoms with E-state index in [9.17, 15) is 5.26 Å². The Morgan fingerprint density at radius 3 is 2.62 bits per heavy atom. The Kier molecular flexibility index (Phi) is 9.23. The molecule has 0 spiro atoms. The van der Waals surface area contributed by atoms with Crippen LogP contribution in [0, 0.1) is 24.2 Å². The molecule has 1 aliphatic heterocycles. The van der Waals surface area contributed by atoms with Gasteiger partial charge in [0.15, 0.2) is 14.1 Å². The summed E-state index contributed by atoms with van der Waals surface area (Å²) in [6.07, 6.45) is 5.56. The van der Waals surface area contributed by atoms with Crippen LogP contribution in [0.15, 0.2) is 18.3 Å². The molecule has 2 N–H and O–H groups in total. The van der Waals surface area contributed by atoms with Crippen molar-refractivity contribution >= 4 is 50.0 Å². The zero-order chi connectivity index (χ0) is 29.3. The van der Waals surface area contributed by atoms with E-state index in [1.165, 1.54) is 0 Å². The van der Waals surface area contributed by atoms with Gasteiger partial charge in [-0.1, -0.05) is 45.2 Å². The summed E-state index contributed by atoms with van der Waals surface area (Å²) < 4.78 is 19.0. The highest BCUT2D eigenvalue weighted by atomic mass is 35.5. The van der Waals surface area contributed by atoms with Gasteiger partial charge < -0.3 is 24.4 Å². The van der Waals surface area contributed by atoms with Crippen molar-refractivity contribution in [1.29, 1.82) is 5.26 Å². The number of nitrogens with one attached hydrogen (secondary N) is 2. The number of nitrogens with zero attached hydrogens (tertiary/aromatic N) is 3. The molecule has 2 heterocycles. The Balaban J connectivity index is 1.62. The highest BCUT2D eigenvalue weighted by Gasteiger charge is 2.41. The molecule has 0 bridgehead atoms. The Morgan fingerprint density at radius 2 is 1.98 bits per heavy atom. The van der Waals surface area contributed by atoms with Crippen LogP contribution in [0.1, 0.15) is 71.4 Å². The van der Waals surface area contributed by atoms with E-state index < -0.39 is 15.4 Å². The molecule has 0 amide bonds. The second-order valence-electron chi connectivity index (χ2n) is 13.2. The number of aryl methyl sites for hydroxylation is 1. The Labute approximate surface area is 245 Å². The van der Waals surface area contributed by atoms with Crippen molar-refractivity contribution in [2.45, 2.75) is 104 Å². The maximum absolute atomic E-state index is 9.58. The molecular formula is C29H43BClN5O3Si. The molecular weight excluding hydrogens is 541 g/mol. The highest BCUT2D eigenvalue weighted by molar-refractivity contribution is 6.74. The van der Waals surface area contributed by atoms with E-state index in [-0.39, 0.29) is 22.6 Å². The minimum atomic E-state index is -2.00. The zero-order valence-electron chi connectivity index (χ0n) is 25.2. The van der Waals surface area contributed by atoms with Crippen molar-refractivity contribution in [3.63, 3.8) is 0 Å². The van der Waals surface area contributed by atoms with E-state index in [0.29, 0.717) is 30.0 Å². The van der Waals surface area contributed by atoms with Crippen LogP contribution < -0.4 is 16.1 Å². The monoisotopic (exact) mass is 583 g/mol. The lowest BCUT2D eigenvalue weighted by atomic mass is 9.73. The summed E-state index contributed by atoms with van der Waals surface area (Å²) >= 11 is 6.46. The first-order valence-corrected chi connectivity index (χ1v) is 17.5. The molecule has 1 saturated heterocycles. The van der Waals surface area contributed by atoms with Gasteiger partial charge >= 0.3 is 7.12 Å². The van der Waals surface area contributed by atoms with E-state index >= 15 is 0 Å². The van der Waals surface area contributed by atoms with E-state index in [0.717, 1.165) is 48.0 Å². The molecule has 2 aromatic rings.